The van der Waals surface area contributed by atoms with E-state index in [2.05, 4.69) is 5.32 Å². The fourth-order valence-corrected chi connectivity index (χ4v) is 3.96. The Morgan fingerprint density at radius 2 is 1.80 bits per heavy atom. The third-order valence-corrected chi connectivity index (χ3v) is 5.52. The second kappa shape index (κ2) is 8.68. The summed E-state index contributed by atoms with van der Waals surface area (Å²) in [6.07, 6.45) is 1.99. The molecule has 1 aliphatic heterocycles. The van der Waals surface area contributed by atoms with Gasteiger partial charge in [0, 0.05) is 52.3 Å². The van der Waals surface area contributed by atoms with Crippen LogP contribution in [0, 0.1) is 0 Å². The number of nitrogens with one attached hydrogen (secondary N) is 1. The molecule has 1 saturated heterocycles. The Labute approximate surface area is 172 Å². The molecule has 1 N–H and O–H groups in total. The minimum atomic E-state index is -0.592. The van der Waals surface area contributed by atoms with Crippen LogP contribution in [-0.2, 0) is 24.9 Å². The third-order valence-electron chi connectivity index (χ3n) is 5.52. The number of hydrogen-bond acceptors (Lipinski definition) is 5. The van der Waals surface area contributed by atoms with E-state index < -0.39 is 22.7 Å². The molecular weight excluding hydrogens is 390 g/mol. The van der Waals surface area contributed by atoms with Crippen molar-refractivity contribution in [2.24, 2.45) is 7.05 Å². The average Bonchev–Trinajstić information content (AvgIpc) is 3.13. The van der Waals surface area contributed by atoms with Crippen LogP contribution in [0.5, 0.6) is 0 Å². The molecule has 0 unspecified atom stereocenters. The van der Waals surface area contributed by atoms with Crippen LogP contribution >= 0.6 is 0 Å². The van der Waals surface area contributed by atoms with E-state index >= 15 is 0 Å². The Morgan fingerprint density at radius 3 is 2.40 bits per heavy atom. The molecule has 162 valence electrons. The standard InChI is InChI=1S/C20H27N5O5/c1-4-24-15(27)12-13(16-18(24)22(3)20(30)25(5-2)19(16)29)17(28)21-9-7-11-23-10-6-8-14(23)26/h12H,4-11H2,1-3H3,(H,21,28). The van der Waals surface area contributed by atoms with E-state index in [9.17, 15) is 24.0 Å². The molecule has 2 aromatic heterocycles. The number of aromatic nitrogens is 3. The molecule has 2 amide bonds. The molecule has 1 aliphatic rings. The normalized spacial score (nSPS) is 14.0. The molecule has 0 aromatic carbocycles. The molecule has 0 spiro atoms. The summed E-state index contributed by atoms with van der Waals surface area (Å²) in [5.74, 6) is -0.428. The number of amides is 2. The van der Waals surface area contributed by atoms with Gasteiger partial charge in [0.05, 0.1) is 10.9 Å². The van der Waals surface area contributed by atoms with Gasteiger partial charge in [-0.25, -0.2) is 4.79 Å². The van der Waals surface area contributed by atoms with E-state index in [4.69, 9.17) is 0 Å². The maximum atomic E-state index is 13.0. The van der Waals surface area contributed by atoms with Gasteiger partial charge in [0.2, 0.25) is 5.91 Å². The molecule has 0 atom stereocenters. The molecule has 2 aromatic rings. The fraction of sp³-hybridized carbons (Fsp3) is 0.550. The highest BCUT2D eigenvalue weighted by Gasteiger charge is 2.22. The van der Waals surface area contributed by atoms with Gasteiger partial charge in [-0.2, -0.15) is 0 Å². The lowest BCUT2D eigenvalue weighted by Crippen LogP contribution is -2.42. The van der Waals surface area contributed by atoms with Crippen molar-refractivity contribution >= 4 is 22.8 Å². The Hall–Kier alpha value is -3.17. The van der Waals surface area contributed by atoms with Gasteiger partial charge in [0.1, 0.15) is 5.65 Å². The Morgan fingerprint density at radius 1 is 1.10 bits per heavy atom. The predicted molar refractivity (Wildman–Crippen MR) is 112 cm³/mol. The quantitative estimate of drug-likeness (QED) is 0.618. The first-order valence-corrected chi connectivity index (χ1v) is 10.2. The highest BCUT2D eigenvalue weighted by molar-refractivity contribution is 6.05. The molecule has 10 nitrogen and oxygen atoms in total. The van der Waals surface area contributed by atoms with E-state index in [0.29, 0.717) is 25.9 Å². The van der Waals surface area contributed by atoms with Crippen LogP contribution in [0.1, 0.15) is 43.5 Å². The lowest BCUT2D eigenvalue weighted by Gasteiger charge is -2.17. The molecule has 10 heteroatoms. The summed E-state index contributed by atoms with van der Waals surface area (Å²) in [5.41, 5.74) is -1.49. The first-order valence-electron chi connectivity index (χ1n) is 10.2. The minimum absolute atomic E-state index is 0.0419. The Bertz CT molecular complexity index is 1170. The average molecular weight is 417 g/mol. The largest absolute Gasteiger partial charge is 0.352 e. The Kier molecular flexibility index (Phi) is 6.23. The number of likely N-dealkylation sites (tertiary alicyclic amines) is 1. The molecule has 3 rings (SSSR count). The summed E-state index contributed by atoms with van der Waals surface area (Å²) >= 11 is 0. The van der Waals surface area contributed by atoms with Crippen LogP contribution in [0.3, 0.4) is 0 Å². The lowest BCUT2D eigenvalue weighted by atomic mass is 10.1. The summed E-state index contributed by atoms with van der Waals surface area (Å²) in [6, 6.07) is 1.15. The Balaban J connectivity index is 1.97. The number of pyridine rings is 1. The van der Waals surface area contributed by atoms with E-state index in [1.54, 1.807) is 18.7 Å². The monoisotopic (exact) mass is 417 g/mol. The van der Waals surface area contributed by atoms with Crippen molar-refractivity contribution in [2.45, 2.75) is 46.2 Å². The van der Waals surface area contributed by atoms with Gasteiger partial charge in [-0.15, -0.1) is 0 Å². The topological polar surface area (TPSA) is 115 Å². The highest BCUT2D eigenvalue weighted by Crippen LogP contribution is 2.12. The number of carbonyl (C=O) groups excluding carboxylic acids is 2. The molecule has 0 bridgehead atoms. The second-order valence-electron chi connectivity index (χ2n) is 7.32. The summed E-state index contributed by atoms with van der Waals surface area (Å²) in [4.78, 5) is 64.4. The van der Waals surface area contributed by atoms with Crippen molar-refractivity contribution in [3.05, 3.63) is 42.8 Å². The van der Waals surface area contributed by atoms with E-state index in [1.807, 2.05) is 0 Å². The van der Waals surface area contributed by atoms with Crippen LogP contribution in [0.15, 0.2) is 20.4 Å². The van der Waals surface area contributed by atoms with Gasteiger partial charge in [-0.3, -0.25) is 32.9 Å². The molecule has 0 saturated carbocycles. The van der Waals surface area contributed by atoms with Gasteiger partial charge < -0.3 is 10.2 Å². The van der Waals surface area contributed by atoms with Gasteiger partial charge in [-0.1, -0.05) is 0 Å². The molecule has 0 radical (unpaired) electrons. The maximum Gasteiger partial charge on any atom is 0.332 e. The van der Waals surface area contributed by atoms with Crippen LogP contribution in [0.4, 0.5) is 0 Å². The number of nitrogens with zero attached hydrogens (tertiary/aromatic N) is 4. The molecule has 1 fully saturated rings. The highest BCUT2D eigenvalue weighted by atomic mass is 16.2. The van der Waals surface area contributed by atoms with Crippen molar-refractivity contribution in [3.8, 4) is 0 Å². The van der Waals surface area contributed by atoms with Crippen molar-refractivity contribution < 1.29 is 9.59 Å². The number of carbonyl (C=O) groups is 2. The number of rotatable bonds is 7. The van der Waals surface area contributed by atoms with Gasteiger partial charge in [0.25, 0.3) is 17.0 Å². The summed E-state index contributed by atoms with van der Waals surface area (Å²) in [6.45, 7) is 5.39. The zero-order chi connectivity index (χ0) is 22.0. The van der Waals surface area contributed by atoms with Crippen LogP contribution in [-0.4, -0.2) is 50.0 Å². The number of fused-ring (bicyclic) bond motifs is 1. The fourth-order valence-electron chi connectivity index (χ4n) is 3.96. The molecule has 0 aliphatic carbocycles. The number of hydrogen-bond donors (Lipinski definition) is 1. The van der Waals surface area contributed by atoms with Crippen LogP contribution in [0.25, 0.3) is 11.0 Å². The second-order valence-corrected chi connectivity index (χ2v) is 7.32. The van der Waals surface area contributed by atoms with Gasteiger partial charge in [0.15, 0.2) is 0 Å². The van der Waals surface area contributed by atoms with Crippen molar-refractivity contribution in [1.82, 2.24) is 23.9 Å². The summed E-state index contributed by atoms with van der Waals surface area (Å²) in [7, 11) is 1.48. The lowest BCUT2D eigenvalue weighted by molar-refractivity contribution is -0.127. The minimum Gasteiger partial charge on any atom is -0.352 e. The van der Waals surface area contributed by atoms with E-state index in [0.717, 1.165) is 23.6 Å². The smallest absolute Gasteiger partial charge is 0.332 e. The summed E-state index contributed by atoms with van der Waals surface area (Å²) in [5, 5.41) is 2.78. The third kappa shape index (κ3) is 3.69. The molecule has 3 heterocycles. The molecule has 30 heavy (non-hydrogen) atoms. The van der Waals surface area contributed by atoms with Crippen molar-refractivity contribution in [1.29, 1.82) is 0 Å². The zero-order valence-electron chi connectivity index (χ0n) is 17.6. The SMILES string of the molecule is CCn1c(=O)c2c(C(=O)NCCCN3CCCC3=O)cc(=O)n(CC)c2n(C)c1=O. The zero-order valence-corrected chi connectivity index (χ0v) is 17.6. The maximum absolute atomic E-state index is 13.0. The molecular formula is C20H27N5O5. The van der Waals surface area contributed by atoms with Crippen molar-refractivity contribution in [2.75, 3.05) is 19.6 Å². The van der Waals surface area contributed by atoms with Crippen LogP contribution < -0.4 is 22.1 Å². The predicted octanol–water partition coefficient (Wildman–Crippen LogP) is -0.356. The van der Waals surface area contributed by atoms with E-state index in [1.165, 1.54) is 16.2 Å². The first kappa shape index (κ1) is 21.5. The van der Waals surface area contributed by atoms with Gasteiger partial charge in [-0.05, 0) is 26.7 Å². The van der Waals surface area contributed by atoms with E-state index in [-0.39, 0.29) is 35.6 Å². The van der Waals surface area contributed by atoms with Crippen LogP contribution in [0.2, 0.25) is 0 Å². The number of aryl methyl sites for hydroxylation is 2. The van der Waals surface area contributed by atoms with Crippen molar-refractivity contribution in [3.63, 3.8) is 0 Å². The first-order chi connectivity index (χ1) is 14.3. The van der Waals surface area contributed by atoms with Gasteiger partial charge >= 0.3 is 5.69 Å². The summed E-state index contributed by atoms with van der Waals surface area (Å²) < 4.78 is 3.59.